The molecule has 5 heteroatoms. The van der Waals surface area contributed by atoms with E-state index in [1.54, 1.807) is 4.31 Å². The summed E-state index contributed by atoms with van der Waals surface area (Å²) in [6, 6.07) is 0.0200. The van der Waals surface area contributed by atoms with Crippen LogP contribution >= 0.6 is 0 Å². The predicted molar refractivity (Wildman–Crippen MR) is 57.4 cm³/mol. The van der Waals surface area contributed by atoms with Gasteiger partial charge in [-0.1, -0.05) is 13.8 Å². The minimum Gasteiger partial charge on any atom is -0.329 e. The van der Waals surface area contributed by atoms with Crippen molar-refractivity contribution in [3.05, 3.63) is 0 Å². The maximum absolute atomic E-state index is 11.8. The molecule has 0 aromatic heterocycles. The Hall–Kier alpha value is -0.130. The molecule has 0 spiro atoms. The maximum Gasteiger partial charge on any atom is 0.214 e. The van der Waals surface area contributed by atoms with E-state index in [0.29, 0.717) is 25.4 Å². The summed E-state index contributed by atoms with van der Waals surface area (Å²) in [5.74, 6) is 0.641. The lowest BCUT2D eigenvalue weighted by Gasteiger charge is -2.24. The molecule has 0 aliphatic carbocycles. The van der Waals surface area contributed by atoms with E-state index in [1.807, 2.05) is 6.92 Å². The highest BCUT2D eigenvalue weighted by Gasteiger charge is 2.37. The average Bonchev–Trinajstić information content (AvgIpc) is 2.47. The summed E-state index contributed by atoms with van der Waals surface area (Å²) in [5, 5.41) is 0. The second kappa shape index (κ2) is 4.59. The normalized spacial score (nSPS) is 29.6. The fraction of sp³-hybridized carbons (Fsp3) is 1.00. The van der Waals surface area contributed by atoms with Crippen LogP contribution in [-0.2, 0) is 10.0 Å². The molecule has 0 amide bonds. The highest BCUT2D eigenvalue weighted by Crippen LogP contribution is 2.26. The number of hydrogen-bond acceptors (Lipinski definition) is 3. The van der Waals surface area contributed by atoms with Crippen molar-refractivity contribution in [2.75, 3.05) is 18.8 Å². The van der Waals surface area contributed by atoms with E-state index in [-0.39, 0.29) is 11.8 Å². The Bertz CT molecular complexity index is 277. The van der Waals surface area contributed by atoms with E-state index in [9.17, 15) is 8.42 Å². The van der Waals surface area contributed by atoms with Crippen LogP contribution in [0.15, 0.2) is 0 Å². The third kappa shape index (κ3) is 2.27. The van der Waals surface area contributed by atoms with E-state index in [2.05, 4.69) is 6.92 Å². The average molecular weight is 220 g/mol. The fourth-order valence-corrected chi connectivity index (χ4v) is 3.88. The highest BCUT2D eigenvalue weighted by molar-refractivity contribution is 7.89. The van der Waals surface area contributed by atoms with Gasteiger partial charge in [-0.05, 0) is 18.8 Å². The third-order valence-electron chi connectivity index (χ3n) is 2.89. The molecule has 4 nitrogen and oxygen atoms in total. The minimum absolute atomic E-state index is 0.0200. The second-order valence-electron chi connectivity index (χ2n) is 4.00. The van der Waals surface area contributed by atoms with Crippen molar-refractivity contribution in [2.24, 2.45) is 11.7 Å². The molecule has 1 heterocycles. The molecule has 14 heavy (non-hydrogen) atoms. The van der Waals surface area contributed by atoms with E-state index in [0.717, 1.165) is 6.42 Å². The summed E-state index contributed by atoms with van der Waals surface area (Å²) in [6.45, 7) is 5.03. The molecule has 1 saturated heterocycles. The van der Waals surface area contributed by atoms with Crippen molar-refractivity contribution in [1.29, 1.82) is 0 Å². The van der Waals surface area contributed by atoms with Crippen molar-refractivity contribution in [1.82, 2.24) is 4.31 Å². The van der Waals surface area contributed by atoms with Gasteiger partial charge in [-0.25, -0.2) is 8.42 Å². The first-order valence-corrected chi connectivity index (χ1v) is 6.83. The van der Waals surface area contributed by atoms with Crippen LogP contribution in [0, 0.1) is 5.92 Å². The second-order valence-corrected chi connectivity index (χ2v) is 6.04. The molecule has 0 aromatic rings. The van der Waals surface area contributed by atoms with Crippen LogP contribution < -0.4 is 5.73 Å². The van der Waals surface area contributed by atoms with Gasteiger partial charge < -0.3 is 5.73 Å². The standard InChI is InChI=1S/C9H20N2O2S/c1-3-6-14(12,13)11-5-4-8(2)9(11)7-10/h8-9H,3-7,10H2,1-2H3. The highest BCUT2D eigenvalue weighted by atomic mass is 32.2. The molecule has 0 bridgehead atoms. The van der Waals surface area contributed by atoms with Gasteiger partial charge in [0.25, 0.3) is 0 Å². The first-order valence-electron chi connectivity index (χ1n) is 5.22. The van der Waals surface area contributed by atoms with Crippen LogP contribution in [0.5, 0.6) is 0 Å². The summed E-state index contributed by atoms with van der Waals surface area (Å²) >= 11 is 0. The van der Waals surface area contributed by atoms with Gasteiger partial charge in [0, 0.05) is 19.1 Å². The Morgan fingerprint density at radius 2 is 2.14 bits per heavy atom. The molecule has 2 N–H and O–H groups in total. The zero-order valence-corrected chi connectivity index (χ0v) is 9.76. The molecule has 0 radical (unpaired) electrons. The topological polar surface area (TPSA) is 63.4 Å². The fourth-order valence-electron chi connectivity index (χ4n) is 2.04. The lowest BCUT2D eigenvalue weighted by atomic mass is 10.0. The lowest BCUT2D eigenvalue weighted by Crippen LogP contribution is -2.43. The smallest absolute Gasteiger partial charge is 0.214 e. The molecule has 1 rings (SSSR count). The van der Waals surface area contributed by atoms with Crippen molar-refractivity contribution in [3.63, 3.8) is 0 Å². The Morgan fingerprint density at radius 3 is 2.64 bits per heavy atom. The SMILES string of the molecule is CCCS(=O)(=O)N1CCC(C)C1CN. The zero-order chi connectivity index (χ0) is 10.8. The van der Waals surface area contributed by atoms with Gasteiger partial charge in [0.2, 0.25) is 10.0 Å². The number of rotatable bonds is 4. The third-order valence-corrected chi connectivity index (χ3v) is 4.98. The molecular weight excluding hydrogens is 200 g/mol. The molecule has 1 fully saturated rings. The van der Waals surface area contributed by atoms with Crippen molar-refractivity contribution in [3.8, 4) is 0 Å². The molecular formula is C9H20N2O2S. The van der Waals surface area contributed by atoms with Crippen molar-refractivity contribution < 1.29 is 8.42 Å². The molecule has 1 aliphatic heterocycles. The van der Waals surface area contributed by atoms with Gasteiger partial charge in [0.1, 0.15) is 0 Å². The molecule has 84 valence electrons. The number of nitrogens with two attached hydrogens (primary N) is 1. The molecule has 0 aromatic carbocycles. The van der Waals surface area contributed by atoms with Gasteiger partial charge in [-0.2, -0.15) is 4.31 Å². The summed E-state index contributed by atoms with van der Waals surface area (Å²) < 4.78 is 25.2. The van der Waals surface area contributed by atoms with E-state index in [1.165, 1.54) is 0 Å². The van der Waals surface area contributed by atoms with Crippen LogP contribution in [0.2, 0.25) is 0 Å². The molecule has 1 aliphatic rings. The van der Waals surface area contributed by atoms with Crippen LogP contribution in [0.3, 0.4) is 0 Å². The largest absolute Gasteiger partial charge is 0.329 e. The van der Waals surface area contributed by atoms with Crippen LogP contribution in [0.25, 0.3) is 0 Å². The number of sulfonamides is 1. The van der Waals surface area contributed by atoms with Crippen molar-refractivity contribution >= 4 is 10.0 Å². The monoisotopic (exact) mass is 220 g/mol. The van der Waals surface area contributed by atoms with Crippen LogP contribution in [0.1, 0.15) is 26.7 Å². The lowest BCUT2D eigenvalue weighted by molar-refractivity contribution is 0.354. The van der Waals surface area contributed by atoms with Gasteiger partial charge in [0.15, 0.2) is 0 Å². The van der Waals surface area contributed by atoms with Gasteiger partial charge in [-0.15, -0.1) is 0 Å². The van der Waals surface area contributed by atoms with Crippen LogP contribution in [-0.4, -0.2) is 37.6 Å². The van der Waals surface area contributed by atoms with Gasteiger partial charge in [0.05, 0.1) is 5.75 Å². The molecule has 2 unspecified atom stereocenters. The quantitative estimate of drug-likeness (QED) is 0.745. The number of hydrogen-bond donors (Lipinski definition) is 1. The minimum atomic E-state index is -3.05. The summed E-state index contributed by atoms with van der Waals surface area (Å²) in [7, 11) is -3.05. The first kappa shape index (κ1) is 11.9. The van der Waals surface area contributed by atoms with E-state index < -0.39 is 10.0 Å². The summed E-state index contributed by atoms with van der Waals surface area (Å²) in [5.41, 5.74) is 5.60. The van der Waals surface area contributed by atoms with Gasteiger partial charge in [-0.3, -0.25) is 0 Å². The Morgan fingerprint density at radius 1 is 1.50 bits per heavy atom. The number of nitrogens with zero attached hydrogens (tertiary/aromatic N) is 1. The Kier molecular flexibility index (Phi) is 3.92. The van der Waals surface area contributed by atoms with Crippen molar-refractivity contribution in [2.45, 2.75) is 32.7 Å². The first-order chi connectivity index (χ1) is 6.53. The maximum atomic E-state index is 11.8. The predicted octanol–water partition coefficient (Wildman–Crippen LogP) is 0.395. The van der Waals surface area contributed by atoms with Gasteiger partial charge >= 0.3 is 0 Å². The Labute approximate surface area is 86.5 Å². The molecule has 0 saturated carbocycles. The van der Waals surface area contributed by atoms with Crippen LogP contribution in [0.4, 0.5) is 0 Å². The Balaban J connectivity index is 2.78. The van der Waals surface area contributed by atoms with E-state index in [4.69, 9.17) is 5.73 Å². The summed E-state index contributed by atoms with van der Waals surface area (Å²) in [4.78, 5) is 0. The summed E-state index contributed by atoms with van der Waals surface area (Å²) in [6.07, 6.45) is 1.61. The zero-order valence-electron chi connectivity index (χ0n) is 8.94. The van der Waals surface area contributed by atoms with E-state index >= 15 is 0 Å². The molecule has 2 atom stereocenters.